The van der Waals surface area contributed by atoms with E-state index < -0.39 is 0 Å². The number of hydrogen-bond acceptors (Lipinski definition) is 2. The average molecular weight is 230 g/mol. The lowest BCUT2D eigenvalue weighted by Crippen LogP contribution is -2.27. The first kappa shape index (κ1) is 11.4. The van der Waals surface area contributed by atoms with Gasteiger partial charge in [-0.15, -0.1) is 0 Å². The van der Waals surface area contributed by atoms with Gasteiger partial charge in [-0.1, -0.05) is 18.7 Å². The number of amides is 2. The predicted molar refractivity (Wildman–Crippen MR) is 67.0 cm³/mol. The minimum Gasteiger partial charge on any atom is -0.321 e. The molecule has 4 heteroatoms. The number of rotatable bonds is 2. The summed E-state index contributed by atoms with van der Waals surface area (Å²) < 4.78 is 0. The van der Waals surface area contributed by atoms with E-state index in [-0.39, 0.29) is 11.8 Å². The lowest BCUT2D eigenvalue weighted by molar-refractivity contribution is -0.116. The van der Waals surface area contributed by atoms with Gasteiger partial charge in [0, 0.05) is 13.5 Å². The average Bonchev–Trinajstić information content (AvgIpc) is 2.73. The van der Waals surface area contributed by atoms with E-state index in [9.17, 15) is 9.59 Å². The molecule has 1 heterocycles. The van der Waals surface area contributed by atoms with Crippen LogP contribution >= 0.6 is 0 Å². The Labute approximate surface area is 99.9 Å². The molecule has 0 radical (unpaired) electrons. The Hall–Kier alpha value is -2.10. The molecule has 0 saturated heterocycles. The molecule has 0 saturated carbocycles. The number of anilines is 2. The Kier molecular flexibility index (Phi) is 2.95. The Morgan fingerprint density at radius 1 is 1.47 bits per heavy atom. The van der Waals surface area contributed by atoms with Gasteiger partial charge >= 0.3 is 0 Å². The second kappa shape index (κ2) is 4.41. The molecule has 0 atom stereocenters. The van der Waals surface area contributed by atoms with Crippen LogP contribution in [-0.2, 0) is 16.0 Å². The quantitative estimate of drug-likeness (QED) is 0.786. The number of nitrogens with zero attached hydrogens (tertiary/aromatic N) is 1. The van der Waals surface area contributed by atoms with Gasteiger partial charge in [0.25, 0.3) is 0 Å². The fraction of sp³-hybridized carbons (Fsp3) is 0.231. The van der Waals surface area contributed by atoms with Crippen molar-refractivity contribution in [1.82, 2.24) is 0 Å². The van der Waals surface area contributed by atoms with Crippen molar-refractivity contribution in [2.45, 2.75) is 13.3 Å². The SMILES string of the molecule is C=CC(=O)Nc1cccc2c1N(C(C)=O)CC2. The van der Waals surface area contributed by atoms with Gasteiger partial charge < -0.3 is 10.2 Å². The molecule has 0 spiro atoms. The fourth-order valence-electron chi connectivity index (χ4n) is 2.06. The van der Waals surface area contributed by atoms with E-state index in [2.05, 4.69) is 11.9 Å². The molecule has 2 rings (SSSR count). The van der Waals surface area contributed by atoms with E-state index in [4.69, 9.17) is 0 Å². The third-order valence-corrected chi connectivity index (χ3v) is 2.82. The summed E-state index contributed by atoms with van der Waals surface area (Å²) in [5.41, 5.74) is 2.57. The molecule has 1 aromatic carbocycles. The van der Waals surface area contributed by atoms with Crippen LogP contribution < -0.4 is 10.2 Å². The number of fused-ring (bicyclic) bond motifs is 1. The topological polar surface area (TPSA) is 49.4 Å². The van der Waals surface area contributed by atoms with E-state index in [1.165, 1.54) is 13.0 Å². The summed E-state index contributed by atoms with van der Waals surface area (Å²) in [6, 6.07) is 5.64. The monoisotopic (exact) mass is 230 g/mol. The Bertz CT molecular complexity index is 494. The summed E-state index contributed by atoms with van der Waals surface area (Å²) in [6.45, 7) is 5.61. The Morgan fingerprint density at radius 2 is 2.24 bits per heavy atom. The van der Waals surface area contributed by atoms with Crippen molar-refractivity contribution in [1.29, 1.82) is 0 Å². The number of carbonyl (C=O) groups is 2. The van der Waals surface area contributed by atoms with E-state index in [0.717, 1.165) is 17.7 Å². The molecule has 2 amide bonds. The highest BCUT2D eigenvalue weighted by molar-refractivity contribution is 6.05. The van der Waals surface area contributed by atoms with Crippen LogP contribution in [-0.4, -0.2) is 18.4 Å². The highest BCUT2D eigenvalue weighted by Crippen LogP contribution is 2.35. The van der Waals surface area contributed by atoms with Gasteiger partial charge in [-0.05, 0) is 24.1 Å². The number of nitrogens with one attached hydrogen (secondary N) is 1. The van der Waals surface area contributed by atoms with Gasteiger partial charge in [0.2, 0.25) is 11.8 Å². The maximum Gasteiger partial charge on any atom is 0.247 e. The van der Waals surface area contributed by atoms with Gasteiger partial charge in [0.15, 0.2) is 0 Å². The van der Waals surface area contributed by atoms with Gasteiger partial charge in [0.05, 0.1) is 11.4 Å². The standard InChI is InChI=1S/C13H14N2O2/c1-3-12(17)14-11-6-4-5-10-7-8-15(9(2)16)13(10)11/h3-6H,1,7-8H2,2H3,(H,14,17). The van der Waals surface area contributed by atoms with Crippen molar-refractivity contribution in [3.63, 3.8) is 0 Å². The highest BCUT2D eigenvalue weighted by Gasteiger charge is 2.25. The largest absolute Gasteiger partial charge is 0.321 e. The van der Waals surface area contributed by atoms with Gasteiger partial charge in [0.1, 0.15) is 0 Å². The van der Waals surface area contributed by atoms with E-state index >= 15 is 0 Å². The van der Waals surface area contributed by atoms with Crippen molar-refractivity contribution in [3.05, 3.63) is 36.4 Å². The first-order chi connectivity index (χ1) is 8.13. The molecule has 88 valence electrons. The molecule has 1 aromatic rings. The van der Waals surface area contributed by atoms with Crippen molar-refractivity contribution in [2.24, 2.45) is 0 Å². The summed E-state index contributed by atoms with van der Waals surface area (Å²) in [7, 11) is 0. The zero-order valence-electron chi connectivity index (χ0n) is 9.69. The van der Waals surface area contributed by atoms with Crippen LogP contribution in [0, 0.1) is 0 Å². The van der Waals surface area contributed by atoms with Crippen LogP contribution in [0.25, 0.3) is 0 Å². The van der Waals surface area contributed by atoms with E-state index in [1.54, 1.807) is 11.0 Å². The van der Waals surface area contributed by atoms with Crippen LogP contribution in [0.2, 0.25) is 0 Å². The summed E-state index contributed by atoms with van der Waals surface area (Å²) >= 11 is 0. The molecule has 1 aliphatic rings. The van der Waals surface area contributed by atoms with E-state index in [1.807, 2.05) is 12.1 Å². The van der Waals surface area contributed by atoms with Crippen LogP contribution in [0.1, 0.15) is 12.5 Å². The zero-order chi connectivity index (χ0) is 12.4. The van der Waals surface area contributed by atoms with Crippen molar-refractivity contribution >= 4 is 23.2 Å². The van der Waals surface area contributed by atoms with Gasteiger partial charge in [-0.2, -0.15) is 0 Å². The molecule has 0 aromatic heterocycles. The molecule has 17 heavy (non-hydrogen) atoms. The minimum absolute atomic E-state index is 0.0101. The lowest BCUT2D eigenvalue weighted by atomic mass is 10.1. The minimum atomic E-state index is -0.270. The van der Waals surface area contributed by atoms with Crippen molar-refractivity contribution < 1.29 is 9.59 Å². The van der Waals surface area contributed by atoms with Crippen molar-refractivity contribution in [2.75, 3.05) is 16.8 Å². The Balaban J connectivity index is 2.41. The molecule has 0 aliphatic carbocycles. The zero-order valence-corrected chi connectivity index (χ0v) is 9.69. The number of carbonyl (C=O) groups excluding carboxylic acids is 2. The summed E-state index contributed by atoms with van der Waals surface area (Å²) in [5.74, 6) is -0.280. The third-order valence-electron chi connectivity index (χ3n) is 2.82. The Morgan fingerprint density at radius 3 is 2.88 bits per heavy atom. The lowest BCUT2D eigenvalue weighted by Gasteiger charge is -2.18. The molecule has 0 bridgehead atoms. The van der Waals surface area contributed by atoms with Crippen LogP contribution in [0.4, 0.5) is 11.4 Å². The van der Waals surface area contributed by atoms with Crippen LogP contribution in [0.15, 0.2) is 30.9 Å². The number of benzene rings is 1. The summed E-state index contributed by atoms with van der Waals surface area (Å²) in [6.07, 6.45) is 2.04. The number of para-hydroxylation sites is 1. The fourth-order valence-corrected chi connectivity index (χ4v) is 2.06. The maximum atomic E-state index is 11.5. The van der Waals surface area contributed by atoms with E-state index in [0.29, 0.717) is 12.2 Å². The maximum absolute atomic E-state index is 11.5. The van der Waals surface area contributed by atoms with Crippen molar-refractivity contribution in [3.8, 4) is 0 Å². The second-order valence-corrected chi connectivity index (χ2v) is 3.93. The first-order valence-corrected chi connectivity index (χ1v) is 5.47. The normalized spacial score (nSPS) is 13.1. The van der Waals surface area contributed by atoms with Crippen LogP contribution in [0.3, 0.4) is 0 Å². The highest BCUT2D eigenvalue weighted by atomic mass is 16.2. The third kappa shape index (κ3) is 2.06. The molecule has 0 fully saturated rings. The number of hydrogen-bond donors (Lipinski definition) is 1. The summed E-state index contributed by atoms with van der Waals surface area (Å²) in [4.78, 5) is 24.5. The predicted octanol–water partition coefficient (Wildman–Crippen LogP) is 1.72. The molecule has 1 aliphatic heterocycles. The second-order valence-electron chi connectivity index (χ2n) is 3.93. The van der Waals surface area contributed by atoms with Gasteiger partial charge in [-0.25, -0.2) is 0 Å². The molecule has 1 N–H and O–H groups in total. The first-order valence-electron chi connectivity index (χ1n) is 5.47. The molecule has 0 unspecified atom stereocenters. The molecular formula is C13H14N2O2. The molecule has 4 nitrogen and oxygen atoms in total. The molecular weight excluding hydrogens is 216 g/mol. The smallest absolute Gasteiger partial charge is 0.247 e. The van der Waals surface area contributed by atoms with Crippen LogP contribution in [0.5, 0.6) is 0 Å². The van der Waals surface area contributed by atoms with Gasteiger partial charge in [-0.3, -0.25) is 9.59 Å². The summed E-state index contributed by atoms with van der Waals surface area (Å²) in [5, 5.41) is 2.73.